The van der Waals surface area contributed by atoms with Crippen LogP contribution in [0.25, 0.3) is 0 Å². The summed E-state index contributed by atoms with van der Waals surface area (Å²) in [4.78, 5) is 28.4. The molecule has 0 saturated heterocycles. The third-order valence-electron chi connectivity index (χ3n) is 3.90. The summed E-state index contributed by atoms with van der Waals surface area (Å²) in [5, 5.41) is 11.2. The van der Waals surface area contributed by atoms with E-state index >= 15 is 0 Å². The topological polar surface area (TPSA) is 83.1 Å². The van der Waals surface area contributed by atoms with Gasteiger partial charge in [0.1, 0.15) is 5.01 Å². The van der Waals surface area contributed by atoms with Crippen LogP contribution in [0.5, 0.6) is 0 Å². The van der Waals surface area contributed by atoms with Gasteiger partial charge in [-0.25, -0.2) is 9.78 Å². The number of aromatic nitrogens is 1. The summed E-state index contributed by atoms with van der Waals surface area (Å²) in [6.45, 7) is 3.95. The van der Waals surface area contributed by atoms with Crippen LogP contribution in [0.15, 0.2) is 35.8 Å². The molecule has 0 bridgehead atoms. The average Bonchev–Trinajstić information content (AvgIpc) is 3.11. The standard InChI is InChI=1S/C17H22N4O2S/c1-4-17(2,15-19-9-10-24-15)21-16(23)20-13-8-6-5-7-12(13)11-14(22)18-3/h5-10H,4,11H2,1-3H3,(H,18,22)(H2,20,21,23)/t17-/m0/s1. The molecule has 0 aliphatic heterocycles. The van der Waals surface area contributed by atoms with Gasteiger partial charge in [0.2, 0.25) is 5.91 Å². The number of nitrogens with zero attached hydrogens (tertiary/aromatic N) is 1. The molecule has 24 heavy (non-hydrogen) atoms. The van der Waals surface area contributed by atoms with E-state index in [9.17, 15) is 9.59 Å². The predicted octanol–water partition coefficient (Wildman–Crippen LogP) is 2.88. The van der Waals surface area contributed by atoms with Crippen molar-refractivity contribution in [1.82, 2.24) is 15.6 Å². The van der Waals surface area contributed by atoms with E-state index in [0.717, 1.165) is 10.6 Å². The third-order valence-corrected chi connectivity index (χ3v) is 4.93. The molecule has 0 radical (unpaired) electrons. The Balaban J connectivity index is 2.11. The number of urea groups is 1. The fraction of sp³-hybridized carbons (Fsp3) is 0.353. The van der Waals surface area contributed by atoms with Crippen LogP contribution in [0, 0.1) is 0 Å². The first-order valence-corrected chi connectivity index (χ1v) is 8.64. The summed E-state index contributed by atoms with van der Waals surface area (Å²) < 4.78 is 0. The molecule has 6 nitrogen and oxygen atoms in total. The summed E-state index contributed by atoms with van der Waals surface area (Å²) in [6.07, 6.45) is 2.66. The van der Waals surface area contributed by atoms with Gasteiger partial charge >= 0.3 is 6.03 Å². The highest BCUT2D eigenvalue weighted by molar-refractivity contribution is 7.09. The van der Waals surface area contributed by atoms with Crippen molar-refractivity contribution >= 4 is 29.0 Å². The fourth-order valence-corrected chi connectivity index (χ4v) is 3.08. The Labute approximate surface area is 145 Å². The Morgan fingerprint density at radius 3 is 2.67 bits per heavy atom. The van der Waals surface area contributed by atoms with Gasteiger partial charge < -0.3 is 16.0 Å². The van der Waals surface area contributed by atoms with E-state index in [-0.39, 0.29) is 18.4 Å². The maximum absolute atomic E-state index is 12.4. The molecule has 0 aliphatic carbocycles. The van der Waals surface area contributed by atoms with Crippen LogP contribution in [0.1, 0.15) is 30.8 Å². The number of hydrogen-bond acceptors (Lipinski definition) is 4. The van der Waals surface area contributed by atoms with Crippen LogP contribution < -0.4 is 16.0 Å². The van der Waals surface area contributed by atoms with E-state index in [2.05, 4.69) is 20.9 Å². The Kier molecular flexibility index (Phi) is 5.92. The minimum atomic E-state index is -0.534. The van der Waals surface area contributed by atoms with Crippen LogP contribution >= 0.6 is 11.3 Å². The number of carbonyl (C=O) groups is 2. The van der Waals surface area contributed by atoms with Gasteiger partial charge in [-0.15, -0.1) is 11.3 Å². The second kappa shape index (κ2) is 7.92. The van der Waals surface area contributed by atoms with Crippen molar-refractivity contribution < 1.29 is 9.59 Å². The van der Waals surface area contributed by atoms with E-state index in [1.165, 1.54) is 11.3 Å². The number of thiazole rings is 1. The van der Waals surface area contributed by atoms with Crippen LogP contribution in [-0.2, 0) is 16.8 Å². The van der Waals surface area contributed by atoms with Crippen molar-refractivity contribution in [3.05, 3.63) is 46.4 Å². The summed E-state index contributed by atoms with van der Waals surface area (Å²) in [7, 11) is 1.59. The normalized spacial score (nSPS) is 13.0. The monoisotopic (exact) mass is 346 g/mol. The minimum Gasteiger partial charge on any atom is -0.359 e. The lowest BCUT2D eigenvalue weighted by Crippen LogP contribution is -2.45. The van der Waals surface area contributed by atoms with Crippen molar-refractivity contribution in [2.75, 3.05) is 12.4 Å². The fourth-order valence-electron chi connectivity index (χ4n) is 2.25. The van der Waals surface area contributed by atoms with E-state index in [0.29, 0.717) is 12.1 Å². The largest absolute Gasteiger partial charge is 0.359 e. The SMILES string of the molecule is CC[C@](C)(NC(=O)Nc1ccccc1CC(=O)NC)c1nccs1. The van der Waals surface area contributed by atoms with E-state index in [1.807, 2.05) is 37.4 Å². The second-order valence-corrected chi connectivity index (χ2v) is 6.50. The molecule has 0 aliphatic rings. The molecule has 1 heterocycles. The van der Waals surface area contributed by atoms with E-state index < -0.39 is 5.54 Å². The first kappa shape index (κ1) is 17.9. The first-order valence-electron chi connectivity index (χ1n) is 7.76. The summed E-state index contributed by atoms with van der Waals surface area (Å²) >= 11 is 1.51. The Bertz CT molecular complexity index is 702. The molecule has 3 amide bonds. The van der Waals surface area contributed by atoms with Crippen LogP contribution in [0.3, 0.4) is 0 Å². The molecule has 3 N–H and O–H groups in total. The lowest BCUT2D eigenvalue weighted by molar-refractivity contribution is -0.119. The van der Waals surface area contributed by atoms with Crippen molar-refractivity contribution in [2.45, 2.75) is 32.2 Å². The minimum absolute atomic E-state index is 0.106. The molecule has 7 heteroatoms. The van der Waals surface area contributed by atoms with Crippen molar-refractivity contribution in [3.8, 4) is 0 Å². The number of carbonyl (C=O) groups excluding carboxylic acids is 2. The number of likely N-dealkylation sites (N-methyl/N-ethyl adjacent to an activating group) is 1. The molecular formula is C17H22N4O2S. The lowest BCUT2D eigenvalue weighted by atomic mass is 10.0. The third kappa shape index (κ3) is 4.32. The number of hydrogen-bond donors (Lipinski definition) is 3. The predicted molar refractivity (Wildman–Crippen MR) is 96.1 cm³/mol. The van der Waals surface area contributed by atoms with Gasteiger partial charge in [-0.3, -0.25) is 4.79 Å². The van der Waals surface area contributed by atoms with Gasteiger partial charge in [0.15, 0.2) is 0 Å². The number of para-hydroxylation sites is 1. The molecule has 0 unspecified atom stereocenters. The second-order valence-electron chi connectivity index (χ2n) is 5.61. The zero-order valence-electron chi connectivity index (χ0n) is 14.1. The molecule has 0 fully saturated rings. The molecule has 0 saturated carbocycles. The van der Waals surface area contributed by atoms with Crippen LogP contribution in [-0.4, -0.2) is 24.0 Å². The quantitative estimate of drug-likeness (QED) is 0.752. The highest BCUT2D eigenvalue weighted by atomic mass is 32.1. The van der Waals surface area contributed by atoms with E-state index in [4.69, 9.17) is 0 Å². The summed E-state index contributed by atoms with van der Waals surface area (Å²) in [5.41, 5.74) is 0.851. The molecule has 1 aromatic heterocycles. The average molecular weight is 346 g/mol. The highest BCUT2D eigenvalue weighted by Crippen LogP contribution is 2.26. The van der Waals surface area contributed by atoms with Crippen LogP contribution in [0.2, 0.25) is 0 Å². The summed E-state index contributed by atoms with van der Waals surface area (Å²) in [5.74, 6) is -0.106. The maximum Gasteiger partial charge on any atom is 0.320 e. The van der Waals surface area contributed by atoms with Crippen molar-refractivity contribution in [3.63, 3.8) is 0 Å². The van der Waals surface area contributed by atoms with Crippen LogP contribution in [0.4, 0.5) is 10.5 Å². The van der Waals surface area contributed by atoms with Gasteiger partial charge in [-0.05, 0) is 25.0 Å². The Hall–Kier alpha value is -2.41. The van der Waals surface area contributed by atoms with Crippen molar-refractivity contribution in [2.24, 2.45) is 0 Å². The van der Waals surface area contributed by atoms with E-state index in [1.54, 1.807) is 19.3 Å². The lowest BCUT2D eigenvalue weighted by Gasteiger charge is -2.27. The van der Waals surface area contributed by atoms with Crippen molar-refractivity contribution in [1.29, 1.82) is 0 Å². The summed E-state index contributed by atoms with van der Waals surface area (Å²) in [6, 6.07) is 6.95. The number of nitrogens with one attached hydrogen (secondary N) is 3. The smallest absolute Gasteiger partial charge is 0.320 e. The Morgan fingerprint density at radius 1 is 1.29 bits per heavy atom. The molecular weight excluding hydrogens is 324 g/mol. The molecule has 1 atom stereocenters. The van der Waals surface area contributed by atoms with Gasteiger partial charge in [-0.1, -0.05) is 25.1 Å². The zero-order valence-corrected chi connectivity index (χ0v) is 14.9. The molecule has 1 aromatic carbocycles. The molecule has 0 spiro atoms. The molecule has 2 rings (SSSR count). The molecule has 2 aromatic rings. The number of benzene rings is 1. The maximum atomic E-state index is 12.4. The molecule has 128 valence electrons. The van der Waals surface area contributed by atoms with Gasteiger partial charge in [0.25, 0.3) is 0 Å². The van der Waals surface area contributed by atoms with Gasteiger partial charge in [0.05, 0.1) is 12.0 Å². The Morgan fingerprint density at radius 2 is 2.04 bits per heavy atom. The number of anilines is 1. The number of amides is 3. The van der Waals surface area contributed by atoms with Gasteiger partial charge in [-0.2, -0.15) is 0 Å². The van der Waals surface area contributed by atoms with Gasteiger partial charge in [0, 0.05) is 24.3 Å². The first-order chi connectivity index (χ1) is 11.5. The highest BCUT2D eigenvalue weighted by Gasteiger charge is 2.29. The zero-order chi connectivity index (χ0) is 17.6. The number of rotatable bonds is 6.